The Labute approximate surface area is 163 Å². The van der Waals surface area contributed by atoms with E-state index < -0.39 is 0 Å². The summed E-state index contributed by atoms with van der Waals surface area (Å²) in [6.45, 7) is 3.10. The number of nitrogens with zero attached hydrogens (tertiary/aromatic N) is 1. The highest BCUT2D eigenvalue weighted by Gasteiger charge is 2.21. The second kappa shape index (κ2) is 8.17. The molecule has 6 nitrogen and oxygen atoms in total. The zero-order valence-corrected chi connectivity index (χ0v) is 15.6. The molecule has 0 saturated carbocycles. The molecule has 4 rings (SSSR count). The molecule has 0 saturated heterocycles. The maximum absolute atomic E-state index is 12.5. The Bertz CT molecular complexity index is 951. The second-order valence-corrected chi connectivity index (χ2v) is 6.52. The highest BCUT2D eigenvalue weighted by atomic mass is 16.6. The third kappa shape index (κ3) is 3.86. The van der Waals surface area contributed by atoms with Gasteiger partial charge in [0.15, 0.2) is 17.3 Å². The molecule has 28 heavy (non-hydrogen) atoms. The average Bonchev–Trinajstić information content (AvgIpc) is 3.22. The SMILES string of the molecule is CCC(C(=O)OCc1cc(-c2ccc3c(c2)OCCO3)on1)c1ccccc1. The molecule has 3 aromatic rings. The van der Waals surface area contributed by atoms with Crippen molar-refractivity contribution in [1.82, 2.24) is 5.16 Å². The Morgan fingerprint density at radius 1 is 1.07 bits per heavy atom. The van der Waals surface area contributed by atoms with Gasteiger partial charge in [0.2, 0.25) is 0 Å². The van der Waals surface area contributed by atoms with Gasteiger partial charge >= 0.3 is 5.97 Å². The zero-order valence-electron chi connectivity index (χ0n) is 15.6. The van der Waals surface area contributed by atoms with E-state index in [9.17, 15) is 4.79 Å². The molecule has 0 fully saturated rings. The molecule has 2 heterocycles. The Morgan fingerprint density at radius 2 is 1.86 bits per heavy atom. The number of hydrogen-bond acceptors (Lipinski definition) is 6. The molecule has 0 amide bonds. The number of aromatic nitrogens is 1. The number of ether oxygens (including phenoxy) is 3. The van der Waals surface area contributed by atoms with Crippen LogP contribution in [0.15, 0.2) is 59.1 Å². The number of carbonyl (C=O) groups is 1. The summed E-state index contributed by atoms with van der Waals surface area (Å²) in [7, 11) is 0. The number of esters is 1. The van der Waals surface area contributed by atoms with Crippen LogP contribution in [0.3, 0.4) is 0 Å². The molecule has 0 bridgehead atoms. The van der Waals surface area contributed by atoms with Gasteiger partial charge in [-0.25, -0.2) is 0 Å². The van der Waals surface area contributed by atoms with Crippen LogP contribution in [-0.4, -0.2) is 24.3 Å². The average molecular weight is 379 g/mol. The van der Waals surface area contributed by atoms with E-state index in [0.717, 1.165) is 16.9 Å². The van der Waals surface area contributed by atoms with E-state index >= 15 is 0 Å². The van der Waals surface area contributed by atoms with Gasteiger partial charge in [0.25, 0.3) is 0 Å². The van der Waals surface area contributed by atoms with Crippen molar-refractivity contribution in [2.24, 2.45) is 0 Å². The van der Waals surface area contributed by atoms with Crippen molar-refractivity contribution < 1.29 is 23.5 Å². The summed E-state index contributed by atoms with van der Waals surface area (Å²) in [4.78, 5) is 12.5. The molecule has 1 aromatic heterocycles. The van der Waals surface area contributed by atoms with Crippen molar-refractivity contribution in [2.45, 2.75) is 25.9 Å². The normalized spacial score (nSPS) is 13.8. The first-order valence-electron chi connectivity index (χ1n) is 9.32. The van der Waals surface area contributed by atoms with Crippen molar-refractivity contribution in [2.75, 3.05) is 13.2 Å². The first-order chi connectivity index (χ1) is 13.7. The largest absolute Gasteiger partial charge is 0.486 e. The lowest BCUT2D eigenvalue weighted by Crippen LogP contribution is -2.15. The minimum atomic E-state index is -0.287. The van der Waals surface area contributed by atoms with Crippen LogP contribution in [-0.2, 0) is 16.1 Å². The minimum Gasteiger partial charge on any atom is -0.486 e. The van der Waals surface area contributed by atoms with Gasteiger partial charge in [-0.05, 0) is 30.2 Å². The Kier molecular flexibility index (Phi) is 5.28. The molecule has 0 N–H and O–H groups in total. The second-order valence-electron chi connectivity index (χ2n) is 6.52. The molecule has 144 valence electrons. The van der Waals surface area contributed by atoms with E-state index in [1.165, 1.54) is 0 Å². The van der Waals surface area contributed by atoms with E-state index in [-0.39, 0.29) is 18.5 Å². The van der Waals surface area contributed by atoms with E-state index in [2.05, 4.69) is 5.16 Å². The van der Waals surface area contributed by atoms with E-state index in [4.69, 9.17) is 18.7 Å². The van der Waals surface area contributed by atoms with Gasteiger partial charge in [0, 0.05) is 11.6 Å². The summed E-state index contributed by atoms with van der Waals surface area (Å²) in [6.07, 6.45) is 0.671. The molecular weight excluding hydrogens is 358 g/mol. The predicted octanol–water partition coefficient (Wildman–Crippen LogP) is 4.35. The Morgan fingerprint density at radius 3 is 2.64 bits per heavy atom. The van der Waals surface area contributed by atoms with Crippen molar-refractivity contribution >= 4 is 5.97 Å². The molecule has 1 unspecified atom stereocenters. The fraction of sp³-hybridized carbons (Fsp3) is 0.273. The molecule has 2 aromatic carbocycles. The molecule has 1 atom stereocenters. The molecule has 0 radical (unpaired) electrons. The maximum Gasteiger partial charge on any atom is 0.313 e. The first kappa shape index (κ1) is 18.1. The lowest BCUT2D eigenvalue weighted by atomic mass is 9.97. The van der Waals surface area contributed by atoms with E-state index in [1.807, 2.05) is 55.5 Å². The summed E-state index contributed by atoms with van der Waals surface area (Å²) in [5.74, 6) is 1.43. The predicted molar refractivity (Wildman–Crippen MR) is 102 cm³/mol. The molecule has 0 aliphatic carbocycles. The summed E-state index contributed by atoms with van der Waals surface area (Å²) in [6, 6.07) is 17.0. The lowest BCUT2D eigenvalue weighted by molar-refractivity contribution is -0.147. The monoisotopic (exact) mass is 379 g/mol. The van der Waals surface area contributed by atoms with Crippen LogP contribution in [0.1, 0.15) is 30.5 Å². The third-order valence-corrected chi connectivity index (χ3v) is 4.64. The highest BCUT2D eigenvalue weighted by molar-refractivity contribution is 5.78. The van der Waals surface area contributed by atoms with E-state index in [1.54, 1.807) is 6.07 Å². The van der Waals surface area contributed by atoms with Crippen LogP contribution in [0.4, 0.5) is 0 Å². The third-order valence-electron chi connectivity index (χ3n) is 4.64. The van der Waals surface area contributed by atoms with Crippen LogP contribution in [0.2, 0.25) is 0 Å². The van der Waals surface area contributed by atoms with Crippen LogP contribution in [0.5, 0.6) is 11.5 Å². The van der Waals surface area contributed by atoms with Crippen LogP contribution in [0, 0.1) is 0 Å². The minimum absolute atomic E-state index is 0.0657. The standard InChI is InChI=1S/C22H21NO5/c1-2-18(15-6-4-3-5-7-15)22(24)27-14-17-13-20(28-23-17)16-8-9-19-21(12-16)26-11-10-25-19/h3-9,12-13,18H,2,10-11,14H2,1H3. The quantitative estimate of drug-likeness (QED) is 0.593. The number of rotatable bonds is 6. The summed E-state index contributed by atoms with van der Waals surface area (Å²) < 4.78 is 22.0. The van der Waals surface area contributed by atoms with Crippen molar-refractivity contribution in [3.05, 3.63) is 65.9 Å². The number of fused-ring (bicyclic) bond motifs is 1. The molecule has 0 spiro atoms. The van der Waals surface area contributed by atoms with Crippen LogP contribution >= 0.6 is 0 Å². The number of benzene rings is 2. The topological polar surface area (TPSA) is 70.8 Å². The van der Waals surface area contributed by atoms with E-state index in [0.29, 0.717) is 36.8 Å². The van der Waals surface area contributed by atoms with Crippen molar-refractivity contribution in [1.29, 1.82) is 0 Å². The van der Waals surface area contributed by atoms with Crippen LogP contribution in [0.25, 0.3) is 11.3 Å². The maximum atomic E-state index is 12.5. The lowest BCUT2D eigenvalue weighted by Gasteiger charge is -2.18. The first-order valence-corrected chi connectivity index (χ1v) is 9.32. The van der Waals surface area contributed by atoms with Gasteiger partial charge in [-0.3, -0.25) is 4.79 Å². The highest BCUT2D eigenvalue weighted by Crippen LogP contribution is 2.34. The smallest absolute Gasteiger partial charge is 0.313 e. The fourth-order valence-electron chi connectivity index (χ4n) is 3.18. The summed E-state index contributed by atoms with van der Waals surface area (Å²) in [5, 5.41) is 4.01. The van der Waals surface area contributed by atoms with Gasteiger partial charge in [0.1, 0.15) is 25.5 Å². The van der Waals surface area contributed by atoms with Gasteiger partial charge in [-0.15, -0.1) is 0 Å². The van der Waals surface area contributed by atoms with Gasteiger partial charge in [-0.1, -0.05) is 42.4 Å². The van der Waals surface area contributed by atoms with Crippen molar-refractivity contribution in [3.8, 4) is 22.8 Å². The summed E-state index contributed by atoms with van der Waals surface area (Å²) >= 11 is 0. The van der Waals surface area contributed by atoms with Gasteiger partial charge in [-0.2, -0.15) is 0 Å². The Hall–Kier alpha value is -3.28. The number of hydrogen-bond donors (Lipinski definition) is 0. The zero-order chi connectivity index (χ0) is 19.3. The summed E-state index contributed by atoms with van der Waals surface area (Å²) in [5.41, 5.74) is 2.33. The van der Waals surface area contributed by atoms with Gasteiger partial charge < -0.3 is 18.7 Å². The fourth-order valence-corrected chi connectivity index (χ4v) is 3.18. The van der Waals surface area contributed by atoms with Gasteiger partial charge in [0.05, 0.1) is 5.92 Å². The van der Waals surface area contributed by atoms with Crippen LogP contribution < -0.4 is 9.47 Å². The molecule has 1 aliphatic rings. The molecular formula is C22H21NO5. The Balaban J connectivity index is 1.42. The van der Waals surface area contributed by atoms with Crippen molar-refractivity contribution in [3.63, 3.8) is 0 Å². The molecule has 1 aliphatic heterocycles. The number of carbonyl (C=O) groups excluding carboxylic acids is 1. The molecule has 6 heteroatoms.